The average Bonchev–Trinajstić information content (AvgIpc) is 2.43. The lowest BCUT2D eigenvalue weighted by atomic mass is 10.1. The van der Waals surface area contributed by atoms with Crippen LogP contribution in [0.3, 0.4) is 0 Å². The van der Waals surface area contributed by atoms with Gasteiger partial charge in [-0.25, -0.2) is 0 Å². The van der Waals surface area contributed by atoms with Crippen LogP contribution in [0.5, 0.6) is 0 Å². The minimum absolute atomic E-state index is 0.817. The first-order chi connectivity index (χ1) is 9.41. The molecular formula is C16H35NO2. The van der Waals surface area contributed by atoms with Gasteiger partial charge >= 0.3 is 0 Å². The Bertz CT molecular complexity index is 138. The second-order valence-electron chi connectivity index (χ2n) is 5.10. The molecule has 19 heavy (non-hydrogen) atoms. The van der Waals surface area contributed by atoms with E-state index in [0.29, 0.717) is 0 Å². The fourth-order valence-electron chi connectivity index (χ4n) is 1.85. The molecule has 0 rings (SSSR count). The molecule has 0 radical (unpaired) electrons. The van der Waals surface area contributed by atoms with E-state index in [1.54, 1.807) is 0 Å². The summed E-state index contributed by atoms with van der Waals surface area (Å²) in [5.41, 5.74) is 0. The summed E-state index contributed by atoms with van der Waals surface area (Å²) in [7, 11) is 0. The lowest BCUT2D eigenvalue weighted by molar-refractivity contribution is 0.118. The van der Waals surface area contributed by atoms with E-state index in [4.69, 9.17) is 9.47 Å². The maximum Gasteiger partial charge on any atom is 0.0590 e. The van der Waals surface area contributed by atoms with E-state index in [2.05, 4.69) is 19.2 Å². The molecule has 0 saturated carbocycles. The first-order valence-corrected chi connectivity index (χ1v) is 8.28. The fourth-order valence-corrected chi connectivity index (χ4v) is 1.85. The van der Waals surface area contributed by atoms with Crippen molar-refractivity contribution in [2.24, 2.45) is 0 Å². The summed E-state index contributed by atoms with van der Waals surface area (Å²) in [4.78, 5) is 0. The van der Waals surface area contributed by atoms with Gasteiger partial charge in [-0.2, -0.15) is 0 Å². The van der Waals surface area contributed by atoms with E-state index < -0.39 is 0 Å². The summed E-state index contributed by atoms with van der Waals surface area (Å²) in [5, 5.41) is 3.33. The van der Waals surface area contributed by atoms with E-state index in [1.807, 2.05) is 0 Å². The normalized spacial score (nSPS) is 11.1. The third kappa shape index (κ3) is 17.9. The molecular weight excluding hydrogens is 238 g/mol. The highest BCUT2D eigenvalue weighted by atomic mass is 16.5. The summed E-state index contributed by atoms with van der Waals surface area (Å²) in [6, 6.07) is 0. The molecule has 3 nitrogen and oxygen atoms in total. The van der Waals surface area contributed by atoms with E-state index >= 15 is 0 Å². The van der Waals surface area contributed by atoms with E-state index in [1.165, 1.54) is 51.4 Å². The van der Waals surface area contributed by atoms with Crippen LogP contribution in [0.1, 0.15) is 65.2 Å². The van der Waals surface area contributed by atoms with Gasteiger partial charge in [-0.1, -0.05) is 52.4 Å². The standard InChI is InChI=1S/C16H35NO2/c1-3-5-7-8-9-10-14-19-16-12-17-11-15-18-13-6-4-2/h17H,3-16H2,1-2H3. The van der Waals surface area contributed by atoms with Crippen LogP contribution in [0, 0.1) is 0 Å². The topological polar surface area (TPSA) is 30.5 Å². The fraction of sp³-hybridized carbons (Fsp3) is 1.00. The molecule has 0 aromatic carbocycles. The molecule has 0 aromatic heterocycles. The van der Waals surface area contributed by atoms with Gasteiger partial charge in [0, 0.05) is 26.3 Å². The van der Waals surface area contributed by atoms with Crippen molar-refractivity contribution in [3.05, 3.63) is 0 Å². The van der Waals surface area contributed by atoms with Crippen molar-refractivity contribution < 1.29 is 9.47 Å². The van der Waals surface area contributed by atoms with Crippen LogP contribution in [0.2, 0.25) is 0 Å². The van der Waals surface area contributed by atoms with Crippen LogP contribution in [0.15, 0.2) is 0 Å². The summed E-state index contributed by atoms with van der Waals surface area (Å²) in [6.07, 6.45) is 10.4. The number of hydrogen-bond donors (Lipinski definition) is 1. The highest BCUT2D eigenvalue weighted by Gasteiger charge is 1.92. The Morgan fingerprint density at radius 2 is 1.11 bits per heavy atom. The van der Waals surface area contributed by atoms with Gasteiger partial charge in [0.1, 0.15) is 0 Å². The minimum atomic E-state index is 0.817. The number of hydrogen-bond acceptors (Lipinski definition) is 3. The first-order valence-electron chi connectivity index (χ1n) is 8.28. The predicted octanol–water partition coefficient (Wildman–Crippen LogP) is 3.77. The number of nitrogens with one attached hydrogen (secondary N) is 1. The van der Waals surface area contributed by atoms with Gasteiger partial charge in [0.15, 0.2) is 0 Å². The number of ether oxygens (including phenoxy) is 2. The van der Waals surface area contributed by atoms with Gasteiger partial charge in [-0.15, -0.1) is 0 Å². The Hall–Kier alpha value is -0.120. The van der Waals surface area contributed by atoms with Crippen LogP contribution >= 0.6 is 0 Å². The van der Waals surface area contributed by atoms with E-state index in [0.717, 1.165) is 39.5 Å². The zero-order valence-corrected chi connectivity index (χ0v) is 13.2. The van der Waals surface area contributed by atoms with Crippen molar-refractivity contribution >= 4 is 0 Å². The molecule has 0 amide bonds. The lowest BCUT2D eigenvalue weighted by Crippen LogP contribution is -2.24. The minimum Gasteiger partial charge on any atom is -0.380 e. The van der Waals surface area contributed by atoms with E-state index in [9.17, 15) is 0 Å². The Morgan fingerprint density at radius 3 is 1.74 bits per heavy atom. The van der Waals surface area contributed by atoms with Crippen molar-refractivity contribution in [2.75, 3.05) is 39.5 Å². The van der Waals surface area contributed by atoms with Crippen LogP contribution in [0.4, 0.5) is 0 Å². The summed E-state index contributed by atoms with van der Waals surface area (Å²) in [5.74, 6) is 0. The number of rotatable bonds is 16. The van der Waals surface area contributed by atoms with Gasteiger partial charge in [0.25, 0.3) is 0 Å². The van der Waals surface area contributed by atoms with Crippen LogP contribution in [0.25, 0.3) is 0 Å². The Kier molecular flexibility index (Phi) is 17.8. The van der Waals surface area contributed by atoms with Gasteiger partial charge < -0.3 is 14.8 Å². The molecule has 0 aliphatic carbocycles. The SMILES string of the molecule is CCCCCCCCOCCNCCOCCCC. The zero-order valence-electron chi connectivity index (χ0n) is 13.2. The zero-order chi connectivity index (χ0) is 14.0. The molecule has 0 aliphatic rings. The molecule has 0 spiro atoms. The molecule has 0 saturated heterocycles. The predicted molar refractivity (Wildman–Crippen MR) is 82.8 cm³/mol. The van der Waals surface area contributed by atoms with Gasteiger partial charge in [-0.05, 0) is 12.8 Å². The van der Waals surface area contributed by atoms with Gasteiger partial charge in [0.05, 0.1) is 13.2 Å². The maximum atomic E-state index is 5.58. The Morgan fingerprint density at radius 1 is 0.579 bits per heavy atom. The highest BCUT2D eigenvalue weighted by molar-refractivity contribution is 4.47. The quantitative estimate of drug-likeness (QED) is 0.434. The second kappa shape index (κ2) is 17.9. The van der Waals surface area contributed by atoms with Crippen molar-refractivity contribution in [3.63, 3.8) is 0 Å². The van der Waals surface area contributed by atoms with Crippen molar-refractivity contribution in [2.45, 2.75) is 65.2 Å². The monoisotopic (exact) mass is 273 g/mol. The largest absolute Gasteiger partial charge is 0.380 e. The maximum absolute atomic E-state index is 5.58. The van der Waals surface area contributed by atoms with Crippen LogP contribution < -0.4 is 5.32 Å². The first kappa shape index (κ1) is 18.9. The Labute approximate surface area is 120 Å². The van der Waals surface area contributed by atoms with Gasteiger partial charge in [0.2, 0.25) is 0 Å². The molecule has 0 aromatic rings. The van der Waals surface area contributed by atoms with Gasteiger partial charge in [-0.3, -0.25) is 0 Å². The van der Waals surface area contributed by atoms with Crippen LogP contribution in [-0.2, 0) is 9.47 Å². The molecule has 0 heterocycles. The molecule has 0 bridgehead atoms. The molecule has 0 atom stereocenters. The summed E-state index contributed by atoms with van der Waals surface area (Å²) >= 11 is 0. The smallest absolute Gasteiger partial charge is 0.0590 e. The summed E-state index contributed by atoms with van der Waals surface area (Å²) in [6.45, 7) is 9.76. The average molecular weight is 273 g/mol. The third-order valence-electron chi connectivity index (χ3n) is 3.13. The van der Waals surface area contributed by atoms with Crippen molar-refractivity contribution in [3.8, 4) is 0 Å². The molecule has 0 aliphatic heterocycles. The van der Waals surface area contributed by atoms with Crippen LogP contribution in [-0.4, -0.2) is 39.5 Å². The van der Waals surface area contributed by atoms with Crippen molar-refractivity contribution in [1.82, 2.24) is 5.32 Å². The number of unbranched alkanes of at least 4 members (excludes halogenated alkanes) is 6. The molecule has 116 valence electrons. The molecule has 1 N–H and O–H groups in total. The molecule has 0 fully saturated rings. The molecule has 0 unspecified atom stereocenters. The van der Waals surface area contributed by atoms with E-state index in [-0.39, 0.29) is 0 Å². The van der Waals surface area contributed by atoms with Crippen molar-refractivity contribution in [1.29, 1.82) is 0 Å². The summed E-state index contributed by atoms with van der Waals surface area (Å²) < 4.78 is 11.0. The second-order valence-corrected chi connectivity index (χ2v) is 5.10. The lowest BCUT2D eigenvalue weighted by Gasteiger charge is -2.07. The molecule has 3 heteroatoms. The third-order valence-corrected chi connectivity index (χ3v) is 3.13. The highest BCUT2D eigenvalue weighted by Crippen LogP contribution is 2.04. The Balaban J connectivity index is 2.88.